The van der Waals surface area contributed by atoms with Crippen LogP contribution in [0.1, 0.15) is 34.5 Å². The van der Waals surface area contributed by atoms with Crippen molar-refractivity contribution in [1.82, 2.24) is 9.88 Å². The third kappa shape index (κ3) is 4.27. The van der Waals surface area contributed by atoms with Crippen LogP contribution in [0.25, 0.3) is 0 Å². The molecule has 7 heteroatoms. The van der Waals surface area contributed by atoms with Crippen LogP contribution in [0.5, 0.6) is 5.75 Å². The lowest BCUT2D eigenvalue weighted by Crippen LogP contribution is -2.50. The largest absolute Gasteiger partial charge is 0.485 e. The van der Waals surface area contributed by atoms with E-state index in [2.05, 4.69) is 45.6 Å². The van der Waals surface area contributed by atoms with Crippen LogP contribution in [-0.2, 0) is 6.54 Å². The van der Waals surface area contributed by atoms with Crippen molar-refractivity contribution in [3.05, 3.63) is 75.7 Å². The Bertz CT molecular complexity index is 1050. The van der Waals surface area contributed by atoms with Crippen molar-refractivity contribution in [3.8, 4) is 5.75 Å². The SMILES string of the molecule is O=C(c1ccc(Cl)nc1)N1CCC2(CC1)CCN(Cc1cccs1)c1ccccc1O2. The van der Waals surface area contributed by atoms with Gasteiger partial charge in [-0.2, -0.15) is 0 Å². The summed E-state index contributed by atoms with van der Waals surface area (Å²) in [5.74, 6) is 0.950. The third-order valence-electron chi connectivity index (χ3n) is 6.23. The zero-order chi connectivity index (χ0) is 21.3. The number of hydrogen-bond acceptors (Lipinski definition) is 5. The summed E-state index contributed by atoms with van der Waals surface area (Å²) in [6.45, 7) is 3.18. The molecule has 5 nitrogen and oxygen atoms in total. The number of rotatable bonds is 3. The number of nitrogens with zero attached hydrogens (tertiary/aromatic N) is 3. The second kappa shape index (κ2) is 8.52. The number of anilines is 1. The Labute approximate surface area is 191 Å². The van der Waals surface area contributed by atoms with Gasteiger partial charge >= 0.3 is 0 Å². The number of piperidine rings is 1. The summed E-state index contributed by atoms with van der Waals surface area (Å²) in [5, 5.41) is 2.52. The normalized spacial score (nSPS) is 17.7. The molecule has 2 aliphatic heterocycles. The smallest absolute Gasteiger partial charge is 0.255 e. The Morgan fingerprint density at radius 1 is 1.06 bits per heavy atom. The first kappa shape index (κ1) is 20.3. The second-order valence-electron chi connectivity index (χ2n) is 8.17. The van der Waals surface area contributed by atoms with Gasteiger partial charge in [-0.3, -0.25) is 4.79 Å². The van der Waals surface area contributed by atoms with Crippen LogP contribution in [0, 0.1) is 0 Å². The lowest BCUT2D eigenvalue weighted by molar-refractivity contribution is 0.00238. The van der Waals surface area contributed by atoms with E-state index >= 15 is 0 Å². The first-order chi connectivity index (χ1) is 15.1. The maximum atomic E-state index is 12.9. The highest BCUT2D eigenvalue weighted by molar-refractivity contribution is 7.09. The van der Waals surface area contributed by atoms with Gasteiger partial charge in [-0.05, 0) is 35.7 Å². The minimum Gasteiger partial charge on any atom is -0.485 e. The van der Waals surface area contributed by atoms with Crippen molar-refractivity contribution in [2.45, 2.75) is 31.4 Å². The Kier molecular flexibility index (Phi) is 5.59. The molecule has 0 atom stereocenters. The van der Waals surface area contributed by atoms with Crippen molar-refractivity contribution >= 4 is 34.5 Å². The summed E-state index contributed by atoms with van der Waals surface area (Å²) in [6, 6.07) is 16.0. The first-order valence-electron chi connectivity index (χ1n) is 10.6. The number of carbonyl (C=O) groups is 1. The summed E-state index contributed by atoms with van der Waals surface area (Å²) >= 11 is 7.64. The van der Waals surface area contributed by atoms with Gasteiger partial charge in [0.15, 0.2) is 0 Å². The fraction of sp³-hybridized carbons (Fsp3) is 0.333. The van der Waals surface area contributed by atoms with Crippen molar-refractivity contribution in [3.63, 3.8) is 0 Å². The Hall–Kier alpha value is -2.57. The maximum absolute atomic E-state index is 12.9. The molecular weight excluding hydrogens is 430 g/mol. The van der Waals surface area contributed by atoms with E-state index in [9.17, 15) is 4.79 Å². The van der Waals surface area contributed by atoms with Gasteiger partial charge in [0.2, 0.25) is 0 Å². The number of pyridine rings is 1. The van der Waals surface area contributed by atoms with Crippen LogP contribution in [0.4, 0.5) is 5.69 Å². The molecular formula is C24H24ClN3O2S. The molecule has 1 amide bonds. The van der Waals surface area contributed by atoms with Gasteiger partial charge in [-0.15, -0.1) is 11.3 Å². The molecule has 5 rings (SSSR count). The number of halogens is 1. The summed E-state index contributed by atoms with van der Waals surface area (Å²) in [7, 11) is 0. The fourth-order valence-electron chi connectivity index (χ4n) is 4.46. The molecule has 0 aliphatic carbocycles. The van der Waals surface area contributed by atoms with E-state index in [1.54, 1.807) is 29.7 Å². The molecule has 4 heterocycles. The number of aromatic nitrogens is 1. The monoisotopic (exact) mass is 453 g/mol. The number of hydrogen-bond donors (Lipinski definition) is 0. The van der Waals surface area contributed by atoms with Gasteiger partial charge in [0.25, 0.3) is 5.91 Å². The zero-order valence-electron chi connectivity index (χ0n) is 17.2. The molecule has 0 unspecified atom stereocenters. The average molecular weight is 454 g/mol. The van der Waals surface area contributed by atoms with Gasteiger partial charge in [0.1, 0.15) is 16.5 Å². The predicted molar refractivity (Wildman–Crippen MR) is 124 cm³/mol. The molecule has 3 aromatic rings. The van der Waals surface area contributed by atoms with Crippen LogP contribution in [0.15, 0.2) is 60.1 Å². The zero-order valence-corrected chi connectivity index (χ0v) is 18.7. The standard InChI is InChI=1S/C24H24ClN3O2S/c25-22-8-7-18(16-26-22)23(29)27-12-9-24(10-13-27)11-14-28(17-19-4-3-15-31-19)20-5-1-2-6-21(20)30-24/h1-8,15-16H,9-14,17H2. The molecule has 0 bridgehead atoms. The van der Waals surface area contributed by atoms with E-state index in [-0.39, 0.29) is 11.5 Å². The van der Waals surface area contributed by atoms with Gasteiger partial charge in [0, 0.05) is 50.0 Å². The van der Waals surface area contributed by atoms with Crippen LogP contribution in [0.3, 0.4) is 0 Å². The van der Waals surface area contributed by atoms with Crippen molar-refractivity contribution in [2.75, 3.05) is 24.5 Å². The predicted octanol–water partition coefficient (Wildman–Crippen LogP) is 5.26. The van der Waals surface area contributed by atoms with Gasteiger partial charge in [0.05, 0.1) is 17.8 Å². The summed E-state index contributed by atoms with van der Waals surface area (Å²) in [5.41, 5.74) is 1.49. The topological polar surface area (TPSA) is 45.7 Å². The number of likely N-dealkylation sites (tertiary alicyclic amines) is 1. The number of carbonyl (C=O) groups excluding carboxylic acids is 1. The Morgan fingerprint density at radius 2 is 1.87 bits per heavy atom. The minimum atomic E-state index is -0.241. The number of ether oxygens (including phenoxy) is 1. The van der Waals surface area contributed by atoms with Gasteiger partial charge in [-0.1, -0.05) is 29.8 Å². The van der Waals surface area contributed by atoms with E-state index in [1.165, 1.54) is 4.88 Å². The third-order valence-corrected chi connectivity index (χ3v) is 7.32. The van der Waals surface area contributed by atoms with E-state index in [0.717, 1.165) is 43.8 Å². The Morgan fingerprint density at radius 3 is 2.61 bits per heavy atom. The summed E-state index contributed by atoms with van der Waals surface area (Å²) in [6.07, 6.45) is 4.13. The highest BCUT2D eigenvalue weighted by Gasteiger charge is 2.40. The van der Waals surface area contributed by atoms with Crippen LogP contribution >= 0.6 is 22.9 Å². The lowest BCUT2D eigenvalue weighted by Gasteiger charge is -2.41. The number of benzene rings is 1. The molecule has 1 aromatic carbocycles. The first-order valence-corrected chi connectivity index (χ1v) is 11.8. The number of thiophene rings is 1. The van der Waals surface area contributed by atoms with E-state index in [0.29, 0.717) is 23.8 Å². The molecule has 2 aliphatic rings. The summed E-state index contributed by atoms with van der Waals surface area (Å²) < 4.78 is 6.68. The molecule has 160 valence electrons. The number of amides is 1. The minimum absolute atomic E-state index is 0.00682. The second-order valence-corrected chi connectivity index (χ2v) is 9.59. The molecule has 0 radical (unpaired) electrons. The van der Waals surface area contributed by atoms with Crippen LogP contribution in [0.2, 0.25) is 5.15 Å². The van der Waals surface area contributed by atoms with Crippen LogP contribution in [-0.4, -0.2) is 41.0 Å². The van der Waals surface area contributed by atoms with E-state index in [4.69, 9.17) is 16.3 Å². The van der Waals surface area contributed by atoms with Crippen molar-refractivity contribution in [2.24, 2.45) is 0 Å². The van der Waals surface area contributed by atoms with E-state index in [1.807, 2.05) is 11.0 Å². The highest BCUT2D eigenvalue weighted by atomic mass is 35.5. The van der Waals surface area contributed by atoms with Crippen molar-refractivity contribution in [1.29, 1.82) is 0 Å². The molecule has 1 saturated heterocycles. The molecule has 1 fully saturated rings. The Balaban J connectivity index is 1.31. The summed E-state index contributed by atoms with van der Waals surface area (Å²) in [4.78, 5) is 22.6. The van der Waals surface area contributed by atoms with Gasteiger partial charge in [-0.25, -0.2) is 4.98 Å². The van der Waals surface area contributed by atoms with Crippen LogP contribution < -0.4 is 9.64 Å². The van der Waals surface area contributed by atoms with Gasteiger partial charge < -0.3 is 14.5 Å². The highest BCUT2D eigenvalue weighted by Crippen LogP contribution is 2.41. The fourth-order valence-corrected chi connectivity index (χ4v) is 5.29. The number of para-hydroxylation sites is 2. The maximum Gasteiger partial charge on any atom is 0.255 e. The lowest BCUT2D eigenvalue weighted by atomic mass is 9.87. The quantitative estimate of drug-likeness (QED) is 0.507. The molecule has 0 N–H and O–H groups in total. The molecule has 0 saturated carbocycles. The molecule has 2 aromatic heterocycles. The van der Waals surface area contributed by atoms with E-state index < -0.39 is 0 Å². The molecule has 1 spiro atoms. The number of fused-ring (bicyclic) bond motifs is 1. The molecule has 31 heavy (non-hydrogen) atoms. The van der Waals surface area contributed by atoms with Crippen molar-refractivity contribution < 1.29 is 9.53 Å². The average Bonchev–Trinajstić information content (AvgIpc) is 3.26.